The number of anilines is 1. The highest BCUT2D eigenvalue weighted by Gasteiger charge is 2.32. The number of benzene rings is 1. The summed E-state index contributed by atoms with van der Waals surface area (Å²) < 4.78 is 25.6. The largest absolute Gasteiger partial charge is 0.321 e. The second-order valence-electron chi connectivity index (χ2n) is 7.62. The minimum Gasteiger partial charge on any atom is -0.321 e. The average molecular weight is 430 g/mol. The maximum Gasteiger partial charge on any atom is 0.276 e. The first-order chi connectivity index (χ1) is 13.8. The Morgan fingerprint density at radius 1 is 1.24 bits per heavy atom. The molecule has 4 rings (SSSR count). The summed E-state index contributed by atoms with van der Waals surface area (Å²) in [5.74, 6) is 0.335. The molecule has 1 aliphatic heterocycles. The number of carbonyl (C=O) groups excluding carboxylic acids is 1. The lowest BCUT2D eigenvalue weighted by molar-refractivity contribution is 0.102. The lowest BCUT2D eigenvalue weighted by Gasteiger charge is -2.12. The first-order valence-electron chi connectivity index (χ1n) is 9.57. The molecule has 0 radical (unpaired) electrons. The molecule has 8 heteroatoms. The van der Waals surface area contributed by atoms with Gasteiger partial charge in [-0.2, -0.15) is 5.10 Å². The van der Waals surface area contributed by atoms with Gasteiger partial charge in [0.15, 0.2) is 15.5 Å². The van der Waals surface area contributed by atoms with Gasteiger partial charge in [0, 0.05) is 5.69 Å². The number of nitrogens with zero attached hydrogens (tertiary/aromatic N) is 2. The number of amides is 1. The van der Waals surface area contributed by atoms with Gasteiger partial charge < -0.3 is 5.32 Å². The van der Waals surface area contributed by atoms with Gasteiger partial charge in [0.1, 0.15) is 0 Å². The second-order valence-corrected chi connectivity index (χ2v) is 10.8. The quantitative estimate of drug-likeness (QED) is 0.654. The van der Waals surface area contributed by atoms with Gasteiger partial charge in [-0.3, -0.25) is 9.48 Å². The molecule has 1 saturated heterocycles. The van der Waals surface area contributed by atoms with Crippen LogP contribution >= 0.6 is 11.3 Å². The maximum atomic E-state index is 12.8. The van der Waals surface area contributed by atoms with Crippen molar-refractivity contribution in [3.63, 3.8) is 0 Å². The molecule has 0 saturated carbocycles. The number of nitrogens with one attached hydrogen (secondary N) is 1. The molecule has 1 aromatic carbocycles. The lowest BCUT2D eigenvalue weighted by Crippen LogP contribution is -2.16. The van der Waals surface area contributed by atoms with Crippen LogP contribution < -0.4 is 5.32 Å². The number of hydrogen-bond donors (Lipinski definition) is 1. The van der Waals surface area contributed by atoms with E-state index >= 15 is 0 Å². The van der Waals surface area contributed by atoms with Crippen LogP contribution in [0.25, 0.3) is 10.6 Å². The van der Waals surface area contributed by atoms with Crippen molar-refractivity contribution in [2.45, 2.75) is 32.2 Å². The molecule has 29 heavy (non-hydrogen) atoms. The van der Waals surface area contributed by atoms with Crippen molar-refractivity contribution in [3.05, 3.63) is 59.1 Å². The van der Waals surface area contributed by atoms with Gasteiger partial charge in [-0.15, -0.1) is 11.3 Å². The van der Waals surface area contributed by atoms with Crippen LogP contribution in [0.5, 0.6) is 0 Å². The van der Waals surface area contributed by atoms with Crippen molar-refractivity contribution in [2.24, 2.45) is 0 Å². The summed E-state index contributed by atoms with van der Waals surface area (Å²) in [4.78, 5) is 13.8. The van der Waals surface area contributed by atoms with Gasteiger partial charge in [0.25, 0.3) is 5.91 Å². The van der Waals surface area contributed by atoms with Crippen molar-refractivity contribution in [1.29, 1.82) is 0 Å². The van der Waals surface area contributed by atoms with E-state index in [1.165, 1.54) is 5.56 Å². The summed E-state index contributed by atoms with van der Waals surface area (Å²) in [7, 11) is -3.06. The molecule has 2 aromatic heterocycles. The summed E-state index contributed by atoms with van der Waals surface area (Å²) in [6, 6.07) is 13.1. The predicted molar refractivity (Wildman–Crippen MR) is 116 cm³/mol. The van der Waals surface area contributed by atoms with Crippen molar-refractivity contribution >= 4 is 32.8 Å². The zero-order chi connectivity index (χ0) is 20.6. The molecule has 1 atom stereocenters. The normalized spacial score (nSPS) is 18.2. The van der Waals surface area contributed by atoms with Crippen LogP contribution in [-0.2, 0) is 9.84 Å². The van der Waals surface area contributed by atoms with E-state index in [1.54, 1.807) is 22.1 Å². The molecule has 0 spiro atoms. The van der Waals surface area contributed by atoms with E-state index in [4.69, 9.17) is 0 Å². The molecule has 1 fully saturated rings. The molecule has 0 bridgehead atoms. The molecular formula is C21H23N3O3S2. The van der Waals surface area contributed by atoms with E-state index in [2.05, 4.69) is 24.3 Å². The highest BCUT2D eigenvalue weighted by molar-refractivity contribution is 7.91. The molecule has 1 unspecified atom stereocenters. The lowest BCUT2D eigenvalue weighted by atomic mass is 10.0. The van der Waals surface area contributed by atoms with Crippen molar-refractivity contribution in [2.75, 3.05) is 16.8 Å². The Morgan fingerprint density at radius 2 is 2.00 bits per heavy atom. The molecule has 0 aliphatic carbocycles. The Bertz CT molecular complexity index is 1110. The Kier molecular flexibility index (Phi) is 5.31. The van der Waals surface area contributed by atoms with E-state index in [-0.39, 0.29) is 29.1 Å². The van der Waals surface area contributed by atoms with E-state index < -0.39 is 9.84 Å². The number of rotatable bonds is 5. The molecule has 152 valence electrons. The summed E-state index contributed by atoms with van der Waals surface area (Å²) in [5, 5.41) is 9.34. The van der Waals surface area contributed by atoms with E-state index in [9.17, 15) is 13.2 Å². The summed E-state index contributed by atoms with van der Waals surface area (Å²) in [6.45, 7) is 4.24. The standard InChI is InChI=1S/C21H23N3O3S2/c1-14(2)15-5-7-16(8-6-15)22-21(25)18-12-19(20-4-3-10-28-20)24(23-18)17-9-11-29(26,27)13-17/h3-8,10,12,14,17H,9,11,13H2,1-2H3,(H,22,25). The SMILES string of the molecule is CC(C)c1ccc(NC(=O)c2cc(-c3cccs3)n(C3CCS(=O)(=O)C3)n2)cc1. The van der Waals surface area contributed by atoms with Gasteiger partial charge in [-0.05, 0) is 47.5 Å². The zero-order valence-corrected chi connectivity index (χ0v) is 18.0. The minimum atomic E-state index is -3.06. The van der Waals surface area contributed by atoms with Crippen LogP contribution in [0, 0.1) is 0 Å². The fourth-order valence-electron chi connectivity index (χ4n) is 3.51. The van der Waals surface area contributed by atoms with Crippen LogP contribution in [0.15, 0.2) is 47.8 Å². The summed E-state index contributed by atoms with van der Waals surface area (Å²) in [5.41, 5.74) is 2.97. The second kappa shape index (κ2) is 7.76. The van der Waals surface area contributed by atoms with Gasteiger partial charge in [-0.25, -0.2) is 8.42 Å². The Labute approximate surface area is 174 Å². The third-order valence-electron chi connectivity index (χ3n) is 5.13. The van der Waals surface area contributed by atoms with Crippen LogP contribution in [-0.4, -0.2) is 35.6 Å². The fourth-order valence-corrected chi connectivity index (χ4v) is 5.93. The number of sulfone groups is 1. The Balaban J connectivity index is 1.62. The number of aromatic nitrogens is 2. The summed E-state index contributed by atoms with van der Waals surface area (Å²) in [6.07, 6.45) is 0.514. The van der Waals surface area contributed by atoms with Gasteiger partial charge in [0.2, 0.25) is 0 Å². The molecule has 3 heterocycles. The molecule has 6 nitrogen and oxygen atoms in total. The van der Waals surface area contributed by atoms with Crippen molar-refractivity contribution in [3.8, 4) is 10.6 Å². The van der Waals surface area contributed by atoms with Crippen molar-refractivity contribution in [1.82, 2.24) is 9.78 Å². The number of thiophene rings is 1. The Hall–Kier alpha value is -2.45. The number of hydrogen-bond acceptors (Lipinski definition) is 5. The van der Waals surface area contributed by atoms with E-state index in [0.29, 0.717) is 18.0 Å². The van der Waals surface area contributed by atoms with Crippen LogP contribution in [0.3, 0.4) is 0 Å². The van der Waals surface area contributed by atoms with Gasteiger partial charge in [0.05, 0.1) is 28.1 Å². The fraction of sp³-hybridized carbons (Fsp3) is 0.333. The molecule has 1 amide bonds. The number of carbonyl (C=O) groups is 1. The first-order valence-corrected chi connectivity index (χ1v) is 12.3. The van der Waals surface area contributed by atoms with Gasteiger partial charge >= 0.3 is 0 Å². The van der Waals surface area contributed by atoms with E-state index in [0.717, 1.165) is 10.6 Å². The third-order valence-corrected chi connectivity index (χ3v) is 7.77. The molecule has 1 aliphatic rings. The first kappa shape index (κ1) is 19.8. The zero-order valence-electron chi connectivity index (χ0n) is 16.3. The Morgan fingerprint density at radius 3 is 2.59 bits per heavy atom. The van der Waals surface area contributed by atoms with Gasteiger partial charge in [-0.1, -0.05) is 32.0 Å². The highest BCUT2D eigenvalue weighted by Crippen LogP contribution is 2.32. The maximum absolute atomic E-state index is 12.8. The van der Waals surface area contributed by atoms with Crippen molar-refractivity contribution < 1.29 is 13.2 Å². The highest BCUT2D eigenvalue weighted by atomic mass is 32.2. The van der Waals surface area contributed by atoms with Crippen LogP contribution in [0.4, 0.5) is 5.69 Å². The smallest absolute Gasteiger partial charge is 0.276 e. The average Bonchev–Trinajstić information content (AvgIpc) is 3.40. The molecule has 1 N–H and O–H groups in total. The topological polar surface area (TPSA) is 81.1 Å². The third kappa shape index (κ3) is 4.28. The minimum absolute atomic E-state index is 0.0603. The van der Waals surface area contributed by atoms with Crippen LogP contribution in [0.2, 0.25) is 0 Å². The van der Waals surface area contributed by atoms with E-state index in [1.807, 2.05) is 41.8 Å². The monoisotopic (exact) mass is 429 g/mol. The van der Waals surface area contributed by atoms with Crippen LogP contribution in [0.1, 0.15) is 48.3 Å². The molecular weight excluding hydrogens is 406 g/mol. The predicted octanol–water partition coefficient (Wildman–Crippen LogP) is 4.35. The molecule has 3 aromatic rings. The summed E-state index contributed by atoms with van der Waals surface area (Å²) >= 11 is 1.54.